The summed E-state index contributed by atoms with van der Waals surface area (Å²) in [6.07, 6.45) is 9.28. The van der Waals surface area contributed by atoms with Gasteiger partial charge in [-0.2, -0.15) is 0 Å². The van der Waals surface area contributed by atoms with E-state index in [1.807, 2.05) is 18.2 Å². The third-order valence-electron chi connectivity index (χ3n) is 5.34. The molecule has 4 heteroatoms. The fraction of sp³-hybridized carbons (Fsp3) is 0.667. The maximum Gasteiger partial charge on any atom is 0.223 e. The summed E-state index contributed by atoms with van der Waals surface area (Å²) in [5.74, 6) is 2.75. The van der Waals surface area contributed by atoms with Crippen LogP contribution in [0.1, 0.15) is 57.4 Å². The molecule has 1 amide bonds. The molecule has 0 spiro atoms. The van der Waals surface area contributed by atoms with Gasteiger partial charge in [-0.1, -0.05) is 32.3 Å². The van der Waals surface area contributed by atoms with E-state index in [1.165, 1.54) is 32.1 Å². The molecule has 1 aromatic rings. The van der Waals surface area contributed by atoms with E-state index in [0.717, 1.165) is 42.2 Å². The predicted molar refractivity (Wildman–Crippen MR) is 101 cm³/mol. The van der Waals surface area contributed by atoms with Gasteiger partial charge in [-0.3, -0.25) is 4.79 Å². The van der Waals surface area contributed by atoms with E-state index in [2.05, 4.69) is 12.2 Å². The molecule has 25 heavy (non-hydrogen) atoms. The Labute approximate surface area is 152 Å². The number of amides is 1. The first-order valence-electron chi connectivity index (χ1n) is 9.66. The largest absolute Gasteiger partial charge is 0.493 e. The van der Waals surface area contributed by atoms with Gasteiger partial charge in [0.25, 0.3) is 0 Å². The van der Waals surface area contributed by atoms with Crippen LogP contribution in [0.4, 0.5) is 0 Å². The van der Waals surface area contributed by atoms with Gasteiger partial charge in [-0.05, 0) is 55.7 Å². The lowest BCUT2D eigenvalue weighted by Crippen LogP contribution is -2.34. The minimum Gasteiger partial charge on any atom is -0.493 e. The number of benzene rings is 1. The number of rotatable bonds is 9. The van der Waals surface area contributed by atoms with Crippen LogP contribution in [0.3, 0.4) is 0 Å². The van der Waals surface area contributed by atoms with Crippen LogP contribution in [0.5, 0.6) is 11.5 Å². The van der Waals surface area contributed by atoms with Crippen molar-refractivity contribution >= 4 is 5.91 Å². The number of nitrogens with one attached hydrogen (secondary N) is 1. The van der Waals surface area contributed by atoms with Crippen LogP contribution in [0, 0.1) is 11.8 Å². The highest BCUT2D eigenvalue weighted by Gasteiger charge is 2.25. The van der Waals surface area contributed by atoms with Gasteiger partial charge in [0.15, 0.2) is 11.5 Å². The molecule has 1 N–H and O–H groups in total. The summed E-state index contributed by atoms with van der Waals surface area (Å²) in [4.78, 5) is 12.4. The molecular weight excluding hydrogens is 314 g/mol. The van der Waals surface area contributed by atoms with Crippen molar-refractivity contribution in [2.75, 3.05) is 20.8 Å². The lowest BCUT2D eigenvalue weighted by atomic mass is 9.79. The van der Waals surface area contributed by atoms with Crippen molar-refractivity contribution in [1.29, 1.82) is 0 Å². The molecule has 2 rings (SSSR count). The predicted octanol–water partition coefficient (Wildman–Crippen LogP) is 4.36. The summed E-state index contributed by atoms with van der Waals surface area (Å²) in [6.45, 7) is 2.92. The molecule has 0 bridgehead atoms. The van der Waals surface area contributed by atoms with Crippen molar-refractivity contribution in [1.82, 2.24) is 5.32 Å². The molecule has 0 saturated heterocycles. The van der Waals surface area contributed by atoms with Gasteiger partial charge in [0.2, 0.25) is 5.91 Å². The highest BCUT2D eigenvalue weighted by Crippen LogP contribution is 2.32. The third kappa shape index (κ3) is 5.94. The normalized spacial score (nSPS) is 20.1. The van der Waals surface area contributed by atoms with Gasteiger partial charge < -0.3 is 14.8 Å². The lowest BCUT2D eigenvalue weighted by Gasteiger charge is -2.27. The Morgan fingerprint density at radius 3 is 2.48 bits per heavy atom. The van der Waals surface area contributed by atoms with Crippen LogP contribution in [0.2, 0.25) is 0 Å². The molecule has 1 saturated carbocycles. The Morgan fingerprint density at radius 2 is 1.84 bits per heavy atom. The fourth-order valence-electron chi connectivity index (χ4n) is 3.72. The van der Waals surface area contributed by atoms with Gasteiger partial charge in [0.1, 0.15) is 0 Å². The standard InChI is InChI=1S/C21H33NO3/c1-4-5-6-16-7-10-18(11-8-16)21(23)22-14-13-17-9-12-19(24-2)20(15-17)25-3/h9,12,15-16,18H,4-8,10-11,13-14H2,1-3H3,(H,22,23). The van der Waals surface area contributed by atoms with Crippen LogP contribution < -0.4 is 14.8 Å². The zero-order valence-corrected chi connectivity index (χ0v) is 16.0. The van der Waals surface area contributed by atoms with Crippen LogP contribution in [0.15, 0.2) is 18.2 Å². The Hall–Kier alpha value is -1.71. The van der Waals surface area contributed by atoms with Crippen molar-refractivity contribution in [3.8, 4) is 11.5 Å². The van der Waals surface area contributed by atoms with E-state index >= 15 is 0 Å². The second kappa shape index (κ2) is 10.3. The first kappa shape index (κ1) is 19.6. The maximum absolute atomic E-state index is 12.4. The summed E-state index contributed by atoms with van der Waals surface area (Å²) < 4.78 is 10.6. The Morgan fingerprint density at radius 1 is 1.12 bits per heavy atom. The van der Waals surface area contributed by atoms with E-state index in [-0.39, 0.29) is 11.8 Å². The van der Waals surface area contributed by atoms with E-state index in [4.69, 9.17) is 9.47 Å². The van der Waals surface area contributed by atoms with E-state index < -0.39 is 0 Å². The van der Waals surface area contributed by atoms with E-state index in [9.17, 15) is 4.79 Å². The van der Waals surface area contributed by atoms with Gasteiger partial charge >= 0.3 is 0 Å². The average molecular weight is 347 g/mol. The van der Waals surface area contributed by atoms with Crippen LogP contribution in [-0.2, 0) is 11.2 Å². The zero-order chi connectivity index (χ0) is 18.1. The van der Waals surface area contributed by atoms with Gasteiger partial charge in [0, 0.05) is 12.5 Å². The molecule has 4 nitrogen and oxygen atoms in total. The number of carbonyl (C=O) groups excluding carboxylic acids is 1. The molecule has 1 fully saturated rings. The Balaban J connectivity index is 1.72. The number of hydrogen-bond acceptors (Lipinski definition) is 3. The topological polar surface area (TPSA) is 47.6 Å². The number of methoxy groups -OCH3 is 2. The molecule has 1 aliphatic rings. The summed E-state index contributed by atoms with van der Waals surface area (Å²) in [5, 5.41) is 3.11. The molecule has 0 unspecified atom stereocenters. The zero-order valence-electron chi connectivity index (χ0n) is 16.0. The molecule has 0 heterocycles. The SMILES string of the molecule is CCCCC1CCC(C(=O)NCCc2ccc(OC)c(OC)c2)CC1. The Kier molecular flexibility index (Phi) is 8.10. The molecule has 0 atom stereocenters. The minimum absolute atomic E-state index is 0.211. The smallest absolute Gasteiger partial charge is 0.223 e. The van der Waals surface area contributed by atoms with Crippen LogP contribution in [0.25, 0.3) is 0 Å². The maximum atomic E-state index is 12.4. The highest BCUT2D eigenvalue weighted by molar-refractivity contribution is 5.78. The van der Waals surface area contributed by atoms with Crippen molar-refractivity contribution in [3.05, 3.63) is 23.8 Å². The molecule has 140 valence electrons. The lowest BCUT2D eigenvalue weighted by molar-refractivity contribution is -0.126. The van der Waals surface area contributed by atoms with Crippen molar-refractivity contribution in [3.63, 3.8) is 0 Å². The first-order valence-corrected chi connectivity index (χ1v) is 9.66. The number of carbonyl (C=O) groups is 1. The van der Waals surface area contributed by atoms with Crippen LogP contribution in [-0.4, -0.2) is 26.7 Å². The summed E-state index contributed by atoms with van der Waals surface area (Å²) in [5.41, 5.74) is 1.14. The van der Waals surface area contributed by atoms with Crippen LogP contribution >= 0.6 is 0 Å². The molecule has 0 radical (unpaired) electrons. The number of hydrogen-bond donors (Lipinski definition) is 1. The molecule has 0 aliphatic heterocycles. The van der Waals surface area contributed by atoms with E-state index in [1.54, 1.807) is 14.2 Å². The number of unbranched alkanes of at least 4 members (excludes halogenated alkanes) is 1. The monoisotopic (exact) mass is 347 g/mol. The second-order valence-electron chi connectivity index (χ2n) is 7.09. The van der Waals surface area contributed by atoms with Crippen molar-refractivity contribution in [2.45, 2.75) is 58.3 Å². The quantitative estimate of drug-likeness (QED) is 0.722. The highest BCUT2D eigenvalue weighted by atomic mass is 16.5. The third-order valence-corrected chi connectivity index (χ3v) is 5.34. The van der Waals surface area contributed by atoms with Gasteiger partial charge in [-0.25, -0.2) is 0 Å². The minimum atomic E-state index is 0.211. The van der Waals surface area contributed by atoms with Crippen molar-refractivity contribution < 1.29 is 14.3 Å². The summed E-state index contributed by atoms with van der Waals surface area (Å²) >= 11 is 0. The first-order chi connectivity index (χ1) is 12.2. The molecular formula is C21H33NO3. The fourth-order valence-corrected chi connectivity index (χ4v) is 3.72. The molecule has 0 aromatic heterocycles. The summed E-state index contributed by atoms with van der Waals surface area (Å²) in [6, 6.07) is 5.91. The molecule has 1 aliphatic carbocycles. The second-order valence-corrected chi connectivity index (χ2v) is 7.09. The van der Waals surface area contributed by atoms with E-state index in [0.29, 0.717) is 6.54 Å². The average Bonchev–Trinajstić information content (AvgIpc) is 2.66. The van der Waals surface area contributed by atoms with Gasteiger partial charge in [0.05, 0.1) is 14.2 Å². The van der Waals surface area contributed by atoms with Gasteiger partial charge in [-0.15, -0.1) is 0 Å². The Bertz CT molecular complexity index is 536. The molecule has 1 aromatic carbocycles. The number of ether oxygens (including phenoxy) is 2. The summed E-state index contributed by atoms with van der Waals surface area (Å²) in [7, 11) is 3.27. The van der Waals surface area contributed by atoms with Crippen molar-refractivity contribution in [2.24, 2.45) is 11.8 Å².